The Morgan fingerprint density at radius 2 is 2.06 bits per heavy atom. The van der Waals surface area contributed by atoms with Gasteiger partial charge in [0.05, 0.1) is 17.8 Å². The van der Waals surface area contributed by atoms with Crippen LogP contribution in [0.25, 0.3) is 0 Å². The number of aryl methyl sites for hydroxylation is 2. The van der Waals surface area contributed by atoms with Crippen molar-refractivity contribution in [2.75, 3.05) is 17.7 Å². The molecule has 0 aromatic heterocycles. The minimum atomic E-state index is -0.144. The van der Waals surface area contributed by atoms with Gasteiger partial charge in [-0.3, -0.25) is 4.79 Å². The molecule has 1 amide bonds. The van der Waals surface area contributed by atoms with Gasteiger partial charge in [-0.05, 0) is 31.9 Å². The van der Waals surface area contributed by atoms with Crippen LogP contribution in [0.15, 0.2) is 6.07 Å². The van der Waals surface area contributed by atoms with Gasteiger partial charge in [0.2, 0.25) is 5.91 Å². The van der Waals surface area contributed by atoms with Crippen molar-refractivity contribution in [2.24, 2.45) is 0 Å². The molecule has 92 valence electrons. The monoisotopic (exact) mass is 234 g/mol. The Hall–Kier alpha value is -1.71. The number of nitrogens with zero attached hydrogens (tertiary/aromatic N) is 1. The van der Waals surface area contributed by atoms with E-state index < -0.39 is 0 Å². The van der Waals surface area contributed by atoms with Crippen LogP contribution < -0.4 is 15.4 Å². The molecule has 0 spiro atoms. The zero-order chi connectivity index (χ0) is 12.7. The number of amides is 1. The van der Waals surface area contributed by atoms with Crippen molar-refractivity contribution in [2.45, 2.75) is 33.3 Å². The number of hydrogen-bond donors (Lipinski definition) is 1. The van der Waals surface area contributed by atoms with Crippen LogP contribution in [0.2, 0.25) is 0 Å². The lowest BCUT2D eigenvalue weighted by molar-refractivity contribution is -0.119. The average Bonchev–Trinajstić information content (AvgIpc) is 2.34. The summed E-state index contributed by atoms with van der Waals surface area (Å²) in [6, 6.07) is 1.98. The second-order valence-electron chi connectivity index (χ2n) is 4.69. The lowest BCUT2D eigenvalue weighted by Gasteiger charge is -2.21. The van der Waals surface area contributed by atoms with Crippen LogP contribution in [0.5, 0.6) is 5.75 Å². The number of carbonyl (C=O) groups excluding carboxylic acids is 1. The highest BCUT2D eigenvalue weighted by Gasteiger charge is 2.27. The third-order valence-electron chi connectivity index (χ3n) is 3.18. The number of benzene rings is 1. The predicted octanol–water partition coefficient (Wildman–Crippen LogP) is 2.02. The van der Waals surface area contributed by atoms with E-state index in [0.29, 0.717) is 17.9 Å². The summed E-state index contributed by atoms with van der Waals surface area (Å²) in [6.45, 7) is 5.80. The highest BCUT2D eigenvalue weighted by atomic mass is 16.5. The van der Waals surface area contributed by atoms with E-state index in [0.717, 1.165) is 16.8 Å². The number of fused-ring (bicyclic) bond motifs is 1. The molecular weight excluding hydrogens is 216 g/mol. The molecule has 2 N–H and O–H groups in total. The van der Waals surface area contributed by atoms with Crippen molar-refractivity contribution in [1.82, 2.24) is 0 Å². The quantitative estimate of drug-likeness (QED) is 0.699. The van der Waals surface area contributed by atoms with Gasteiger partial charge >= 0.3 is 0 Å². The molecule has 0 radical (unpaired) electrons. The summed E-state index contributed by atoms with van der Waals surface area (Å²) in [6.07, 6.45) is 0.234. The molecule has 1 atom stereocenters. The molecule has 4 nitrogen and oxygen atoms in total. The third-order valence-corrected chi connectivity index (χ3v) is 3.18. The molecule has 17 heavy (non-hydrogen) atoms. The maximum absolute atomic E-state index is 11.9. The maximum Gasteiger partial charge on any atom is 0.230 e. The fourth-order valence-electron chi connectivity index (χ4n) is 2.24. The van der Waals surface area contributed by atoms with Crippen molar-refractivity contribution in [3.63, 3.8) is 0 Å². The van der Waals surface area contributed by atoms with Gasteiger partial charge in [0.1, 0.15) is 6.10 Å². The standard InChI is InChI=1S/C13H18N2O2/c1-7-5-8(2)12-13(11(7)14)17-9(3)6-10(16)15(12)4/h5,9H,6,14H2,1-4H3. The van der Waals surface area contributed by atoms with E-state index >= 15 is 0 Å². The Labute approximate surface area is 101 Å². The smallest absolute Gasteiger partial charge is 0.230 e. The van der Waals surface area contributed by atoms with Gasteiger partial charge in [0.15, 0.2) is 5.75 Å². The van der Waals surface area contributed by atoms with E-state index in [9.17, 15) is 4.79 Å². The largest absolute Gasteiger partial charge is 0.486 e. The van der Waals surface area contributed by atoms with E-state index in [4.69, 9.17) is 10.5 Å². The van der Waals surface area contributed by atoms with Crippen LogP contribution in [0.1, 0.15) is 24.5 Å². The molecule has 1 heterocycles. The molecule has 0 fully saturated rings. The van der Waals surface area contributed by atoms with Crippen LogP contribution in [-0.4, -0.2) is 19.1 Å². The number of ether oxygens (including phenoxy) is 1. The van der Waals surface area contributed by atoms with Crippen LogP contribution in [0.4, 0.5) is 11.4 Å². The van der Waals surface area contributed by atoms with E-state index in [1.807, 2.05) is 26.8 Å². The molecule has 1 aliphatic heterocycles. The summed E-state index contributed by atoms with van der Waals surface area (Å²) >= 11 is 0. The number of carbonyl (C=O) groups is 1. The summed E-state index contributed by atoms with van der Waals surface area (Å²) in [5.41, 5.74) is 9.46. The van der Waals surface area contributed by atoms with Crippen LogP contribution in [0.3, 0.4) is 0 Å². The first-order valence-electron chi connectivity index (χ1n) is 5.74. The summed E-state index contributed by atoms with van der Waals surface area (Å²) in [5.74, 6) is 0.700. The number of rotatable bonds is 0. The number of anilines is 2. The molecular formula is C13H18N2O2. The van der Waals surface area contributed by atoms with Gasteiger partial charge in [0.25, 0.3) is 0 Å². The second-order valence-corrected chi connectivity index (χ2v) is 4.69. The van der Waals surface area contributed by atoms with Gasteiger partial charge in [0, 0.05) is 7.05 Å². The van der Waals surface area contributed by atoms with Gasteiger partial charge < -0.3 is 15.4 Å². The summed E-state index contributed by atoms with van der Waals surface area (Å²) in [5, 5.41) is 0. The van der Waals surface area contributed by atoms with E-state index in [1.165, 1.54) is 0 Å². The minimum Gasteiger partial charge on any atom is -0.486 e. The number of hydrogen-bond acceptors (Lipinski definition) is 3. The minimum absolute atomic E-state index is 0.0580. The Morgan fingerprint density at radius 3 is 2.71 bits per heavy atom. The van der Waals surface area contributed by atoms with Crippen LogP contribution in [0, 0.1) is 13.8 Å². The molecule has 1 aliphatic rings. The van der Waals surface area contributed by atoms with Crippen molar-refractivity contribution in [1.29, 1.82) is 0 Å². The summed E-state index contributed by atoms with van der Waals surface area (Å²) in [4.78, 5) is 13.6. The fraction of sp³-hybridized carbons (Fsp3) is 0.462. The molecule has 1 aromatic rings. The molecule has 0 saturated carbocycles. The second kappa shape index (κ2) is 3.95. The third kappa shape index (κ3) is 1.84. The van der Waals surface area contributed by atoms with Crippen molar-refractivity contribution >= 4 is 17.3 Å². The SMILES string of the molecule is Cc1cc(C)c2c(c1N)OC(C)CC(=O)N2C. The Morgan fingerprint density at radius 1 is 1.41 bits per heavy atom. The normalized spacial score (nSPS) is 19.6. The molecule has 1 aromatic carbocycles. The van der Waals surface area contributed by atoms with Crippen LogP contribution in [-0.2, 0) is 4.79 Å². The van der Waals surface area contributed by atoms with E-state index in [2.05, 4.69) is 0 Å². The lowest BCUT2D eigenvalue weighted by Crippen LogP contribution is -2.27. The van der Waals surface area contributed by atoms with E-state index in [-0.39, 0.29) is 12.0 Å². The highest BCUT2D eigenvalue weighted by molar-refractivity contribution is 5.98. The van der Waals surface area contributed by atoms with Crippen molar-refractivity contribution in [3.8, 4) is 5.75 Å². The number of nitrogen functional groups attached to an aromatic ring is 1. The van der Waals surface area contributed by atoms with Gasteiger partial charge in [-0.25, -0.2) is 0 Å². The zero-order valence-electron chi connectivity index (χ0n) is 10.7. The molecule has 4 heteroatoms. The Balaban J connectivity index is 2.69. The van der Waals surface area contributed by atoms with Gasteiger partial charge in [-0.15, -0.1) is 0 Å². The first kappa shape index (κ1) is 11.8. The zero-order valence-corrected chi connectivity index (χ0v) is 10.7. The molecule has 2 rings (SSSR count). The first-order chi connectivity index (χ1) is 7.91. The van der Waals surface area contributed by atoms with Gasteiger partial charge in [-0.2, -0.15) is 0 Å². The molecule has 0 aliphatic carbocycles. The maximum atomic E-state index is 11.9. The number of nitrogens with two attached hydrogens (primary N) is 1. The summed E-state index contributed by atoms with van der Waals surface area (Å²) < 4.78 is 5.80. The summed E-state index contributed by atoms with van der Waals surface area (Å²) in [7, 11) is 1.77. The van der Waals surface area contributed by atoms with Crippen molar-refractivity contribution in [3.05, 3.63) is 17.2 Å². The molecule has 0 bridgehead atoms. The van der Waals surface area contributed by atoms with E-state index in [1.54, 1.807) is 11.9 Å². The fourth-order valence-corrected chi connectivity index (χ4v) is 2.24. The Bertz CT molecular complexity index is 483. The average molecular weight is 234 g/mol. The van der Waals surface area contributed by atoms with Crippen LogP contribution >= 0.6 is 0 Å². The molecule has 1 unspecified atom stereocenters. The Kier molecular flexibility index (Phi) is 2.73. The predicted molar refractivity (Wildman–Crippen MR) is 68.4 cm³/mol. The highest BCUT2D eigenvalue weighted by Crippen LogP contribution is 2.41. The topological polar surface area (TPSA) is 55.6 Å². The van der Waals surface area contributed by atoms with Crippen molar-refractivity contribution < 1.29 is 9.53 Å². The lowest BCUT2D eigenvalue weighted by atomic mass is 10.1. The first-order valence-corrected chi connectivity index (χ1v) is 5.74. The van der Waals surface area contributed by atoms with Gasteiger partial charge in [-0.1, -0.05) is 6.07 Å². The molecule has 0 saturated heterocycles.